The minimum absolute atomic E-state index is 0.896. The van der Waals surface area contributed by atoms with Crippen molar-refractivity contribution in [2.45, 2.75) is 65.7 Å². The lowest BCUT2D eigenvalue weighted by molar-refractivity contribution is 0.238. The van der Waals surface area contributed by atoms with Crippen molar-refractivity contribution in [3.63, 3.8) is 0 Å². The van der Waals surface area contributed by atoms with Crippen LogP contribution < -0.4 is 0 Å². The highest BCUT2D eigenvalue weighted by Crippen LogP contribution is 2.31. The first kappa shape index (κ1) is 11.1. The van der Waals surface area contributed by atoms with Gasteiger partial charge in [0.1, 0.15) is 0 Å². The Kier molecular flexibility index (Phi) is 4.83. The summed E-state index contributed by atoms with van der Waals surface area (Å²) in [6.07, 6.45) is 10.4. The Morgan fingerprint density at radius 2 is 1.38 bits per heavy atom. The predicted molar refractivity (Wildman–Crippen MR) is 59.8 cm³/mol. The summed E-state index contributed by atoms with van der Waals surface area (Å²) in [6.45, 7) is 7.27. The van der Waals surface area contributed by atoms with E-state index in [9.17, 15) is 0 Å². The Morgan fingerprint density at radius 3 is 2.00 bits per heavy atom. The fourth-order valence-electron chi connectivity index (χ4n) is 2.87. The van der Waals surface area contributed by atoms with E-state index in [0.29, 0.717) is 0 Å². The van der Waals surface area contributed by atoms with Crippen LogP contribution in [0.4, 0.5) is 0 Å². The first-order chi connectivity index (χ1) is 6.22. The van der Waals surface area contributed by atoms with Crippen LogP contribution in [0.1, 0.15) is 65.7 Å². The summed E-state index contributed by atoms with van der Waals surface area (Å²) in [5.41, 5.74) is 0. The van der Waals surface area contributed by atoms with E-state index in [4.69, 9.17) is 0 Å². The van der Waals surface area contributed by atoms with Crippen LogP contribution >= 0.6 is 0 Å². The van der Waals surface area contributed by atoms with E-state index in [0.717, 1.165) is 17.8 Å². The minimum atomic E-state index is 0.896. The van der Waals surface area contributed by atoms with E-state index in [2.05, 4.69) is 20.8 Å². The van der Waals surface area contributed by atoms with Gasteiger partial charge in [0.2, 0.25) is 0 Å². The molecule has 1 saturated carbocycles. The van der Waals surface area contributed by atoms with Crippen LogP contribution in [0, 0.1) is 17.8 Å². The minimum Gasteiger partial charge on any atom is -0.0625 e. The average molecular weight is 182 g/mol. The lowest BCUT2D eigenvalue weighted by Crippen LogP contribution is -2.17. The molecule has 0 heteroatoms. The zero-order valence-electron chi connectivity index (χ0n) is 9.68. The van der Waals surface area contributed by atoms with E-state index in [-0.39, 0.29) is 0 Å². The molecule has 0 aliphatic heterocycles. The molecule has 2 atom stereocenters. The smallest absolute Gasteiger partial charge is 0.0365 e. The quantitative estimate of drug-likeness (QED) is 0.554. The zero-order chi connectivity index (χ0) is 9.68. The van der Waals surface area contributed by atoms with Gasteiger partial charge in [0.05, 0.1) is 0 Å². The molecule has 0 N–H and O–H groups in total. The van der Waals surface area contributed by atoms with Crippen molar-refractivity contribution in [2.75, 3.05) is 0 Å². The van der Waals surface area contributed by atoms with Crippen molar-refractivity contribution in [1.29, 1.82) is 0 Å². The molecule has 0 bridgehead atoms. The molecular formula is C13H26. The molecule has 1 aliphatic carbocycles. The summed E-state index contributed by atoms with van der Waals surface area (Å²) in [5, 5.41) is 0. The molecule has 0 radical (unpaired) electrons. The zero-order valence-corrected chi connectivity index (χ0v) is 9.68. The van der Waals surface area contributed by atoms with Gasteiger partial charge in [-0.2, -0.15) is 0 Å². The van der Waals surface area contributed by atoms with Crippen LogP contribution in [0.15, 0.2) is 0 Å². The molecule has 13 heavy (non-hydrogen) atoms. The van der Waals surface area contributed by atoms with Crippen molar-refractivity contribution >= 4 is 0 Å². The van der Waals surface area contributed by atoms with Gasteiger partial charge in [-0.25, -0.2) is 0 Å². The molecule has 0 spiro atoms. The lowest BCUT2D eigenvalue weighted by atomic mass is 9.79. The van der Waals surface area contributed by atoms with E-state index in [1.165, 1.54) is 44.9 Å². The van der Waals surface area contributed by atoms with E-state index < -0.39 is 0 Å². The summed E-state index contributed by atoms with van der Waals surface area (Å²) in [6, 6.07) is 0. The van der Waals surface area contributed by atoms with E-state index >= 15 is 0 Å². The average Bonchev–Trinajstić information content (AvgIpc) is 2.16. The van der Waals surface area contributed by atoms with Gasteiger partial charge >= 0.3 is 0 Å². The van der Waals surface area contributed by atoms with Crippen LogP contribution in [-0.4, -0.2) is 0 Å². The summed E-state index contributed by atoms with van der Waals surface area (Å²) >= 11 is 0. The molecule has 0 aromatic heterocycles. The van der Waals surface area contributed by atoms with Crippen LogP contribution in [0.5, 0.6) is 0 Å². The molecule has 0 aromatic carbocycles. The Morgan fingerprint density at radius 1 is 0.846 bits per heavy atom. The van der Waals surface area contributed by atoms with Crippen molar-refractivity contribution in [3.8, 4) is 0 Å². The highest BCUT2D eigenvalue weighted by Gasteiger charge is 2.20. The third-order valence-corrected chi connectivity index (χ3v) is 3.78. The second-order valence-electron chi connectivity index (χ2n) is 5.23. The van der Waals surface area contributed by atoms with Crippen molar-refractivity contribution < 1.29 is 0 Å². The maximum absolute atomic E-state index is 2.47. The van der Waals surface area contributed by atoms with Crippen LogP contribution in [0.25, 0.3) is 0 Å². The van der Waals surface area contributed by atoms with Gasteiger partial charge in [-0.15, -0.1) is 0 Å². The molecule has 2 unspecified atom stereocenters. The fraction of sp³-hybridized carbons (Fsp3) is 1.00. The second kappa shape index (κ2) is 5.67. The molecule has 0 amide bonds. The molecule has 1 fully saturated rings. The van der Waals surface area contributed by atoms with Crippen LogP contribution in [0.3, 0.4) is 0 Å². The van der Waals surface area contributed by atoms with Crippen LogP contribution in [-0.2, 0) is 0 Å². The second-order valence-corrected chi connectivity index (χ2v) is 5.23. The monoisotopic (exact) mass is 182 g/mol. The molecule has 0 aromatic rings. The number of rotatable bonds is 1. The Hall–Kier alpha value is 0. The van der Waals surface area contributed by atoms with Gasteiger partial charge in [0, 0.05) is 0 Å². The van der Waals surface area contributed by atoms with Crippen molar-refractivity contribution in [2.24, 2.45) is 17.8 Å². The van der Waals surface area contributed by atoms with Gasteiger partial charge in [-0.1, -0.05) is 59.3 Å². The SMILES string of the molecule is CC(C)C1CCCCCCCC1C. The Labute approximate surface area is 84.1 Å². The molecule has 1 aliphatic rings. The topological polar surface area (TPSA) is 0 Å². The van der Waals surface area contributed by atoms with Crippen molar-refractivity contribution in [3.05, 3.63) is 0 Å². The largest absolute Gasteiger partial charge is 0.0625 e. The summed E-state index contributed by atoms with van der Waals surface area (Å²) < 4.78 is 0. The van der Waals surface area contributed by atoms with Gasteiger partial charge in [-0.3, -0.25) is 0 Å². The maximum atomic E-state index is 2.47. The van der Waals surface area contributed by atoms with Gasteiger partial charge in [0.15, 0.2) is 0 Å². The number of hydrogen-bond acceptors (Lipinski definition) is 0. The lowest BCUT2D eigenvalue weighted by Gasteiger charge is -2.26. The summed E-state index contributed by atoms with van der Waals surface area (Å²) in [4.78, 5) is 0. The third-order valence-electron chi connectivity index (χ3n) is 3.78. The summed E-state index contributed by atoms with van der Waals surface area (Å²) in [5.74, 6) is 2.87. The molecule has 0 saturated heterocycles. The van der Waals surface area contributed by atoms with E-state index in [1.807, 2.05) is 0 Å². The maximum Gasteiger partial charge on any atom is -0.0365 e. The standard InChI is InChI=1S/C13H26/c1-11(2)13-10-8-6-4-5-7-9-12(13)3/h11-13H,4-10H2,1-3H3. The Bertz CT molecular complexity index is 126. The van der Waals surface area contributed by atoms with E-state index in [1.54, 1.807) is 0 Å². The molecule has 0 nitrogen and oxygen atoms in total. The molecule has 1 rings (SSSR count). The first-order valence-corrected chi connectivity index (χ1v) is 6.22. The fourth-order valence-corrected chi connectivity index (χ4v) is 2.87. The highest BCUT2D eigenvalue weighted by atomic mass is 14.3. The van der Waals surface area contributed by atoms with Gasteiger partial charge < -0.3 is 0 Å². The van der Waals surface area contributed by atoms with Gasteiger partial charge in [-0.05, 0) is 24.2 Å². The molecule has 78 valence electrons. The predicted octanol–water partition coefficient (Wildman–Crippen LogP) is 4.64. The first-order valence-electron chi connectivity index (χ1n) is 6.22. The third kappa shape index (κ3) is 3.70. The molecular weight excluding hydrogens is 156 g/mol. The normalized spacial score (nSPS) is 32.3. The Balaban J connectivity index is 2.45. The highest BCUT2D eigenvalue weighted by molar-refractivity contribution is 4.71. The van der Waals surface area contributed by atoms with Crippen molar-refractivity contribution in [1.82, 2.24) is 0 Å². The van der Waals surface area contributed by atoms with Crippen LogP contribution in [0.2, 0.25) is 0 Å². The number of hydrogen-bond donors (Lipinski definition) is 0. The summed E-state index contributed by atoms with van der Waals surface area (Å²) in [7, 11) is 0. The van der Waals surface area contributed by atoms with Gasteiger partial charge in [0.25, 0.3) is 0 Å². The molecule has 0 heterocycles.